The van der Waals surface area contributed by atoms with Crippen LogP contribution in [0.3, 0.4) is 0 Å². The van der Waals surface area contributed by atoms with Crippen molar-refractivity contribution in [2.45, 2.75) is 18.9 Å². The molecule has 1 fully saturated rings. The number of amides is 1. The molecule has 1 aromatic rings. The fourth-order valence-corrected chi connectivity index (χ4v) is 1.99. The van der Waals surface area contributed by atoms with Crippen LogP contribution in [0.2, 0.25) is 0 Å². The Morgan fingerprint density at radius 1 is 1.33 bits per heavy atom. The maximum Gasteiger partial charge on any atom is 0.271 e. The quantitative estimate of drug-likeness (QED) is 0.808. The molecule has 0 aromatic carbocycles. The van der Waals surface area contributed by atoms with Crippen molar-refractivity contribution in [3.8, 4) is 0 Å². The largest absolute Gasteiger partial charge is 0.372 e. The zero-order chi connectivity index (χ0) is 13.0. The van der Waals surface area contributed by atoms with Gasteiger partial charge in [-0.1, -0.05) is 0 Å². The van der Waals surface area contributed by atoms with Crippen LogP contribution < -0.4 is 10.6 Å². The second-order valence-electron chi connectivity index (χ2n) is 4.59. The average molecular weight is 249 g/mol. The lowest BCUT2D eigenvalue weighted by molar-refractivity contribution is 0.0911. The first-order chi connectivity index (χ1) is 8.69. The Kier molecular flexibility index (Phi) is 4.09. The highest BCUT2D eigenvalue weighted by Gasteiger charge is 2.19. The molecule has 0 unspecified atom stereocenters. The standard InChI is InChI=1S/C12H19N5O/c1-13-11-8-14-10(7-15-11)12(18)16-9-3-5-17(2)6-4-9/h7-9H,3-6H2,1-2H3,(H,13,15)(H,16,18). The number of nitrogens with zero attached hydrogens (tertiary/aromatic N) is 3. The Hall–Kier alpha value is -1.69. The molecule has 2 N–H and O–H groups in total. The maximum absolute atomic E-state index is 11.9. The highest BCUT2D eigenvalue weighted by molar-refractivity contribution is 5.92. The number of anilines is 1. The van der Waals surface area contributed by atoms with Gasteiger partial charge in [-0.15, -0.1) is 0 Å². The molecule has 0 bridgehead atoms. The molecule has 0 atom stereocenters. The molecule has 98 valence electrons. The van der Waals surface area contributed by atoms with Crippen molar-refractivity contribution in [2.24, 2.45) is 0 Å². The Labute approximate surface area is 107 Å². The minimum absolute atomic E-state index is 0.139. The van der Waals surface area contributed by atoms with Crippen LogP contribution in [0, 0.1) is 0 Å². The first kappa shape index (κ1) is 12.8. The fourth-order valence-electron chi connectivity index (χ4n) is 1.99. The molecule has 1 aliphatic rings. The normalized spacial score (nSPS) is 17.4. The van der Waals surface area contributed by atoms with Gasteiger partial charge in [-0.3, -0.25) is 4.79 Å². The summed E-state index contributed by atoms with van der Waals surface area (Å²) in [7, 11) is 3.86. The molecule has 1 saturated heterocycles. The Balaban J connectivity index is 1.90. The van der Waals surface area contributed by atoms with Gasteiger partial charge in [0.15, 0.2) is 0 Å². The zero-order valence-electron chi connectivity index (χ0n) is 10.8. The summed E-state index contributed by atoms with van der Waals surface area (Å²) in [5.74, 6) is 0.519. The van der Waals surface area contributed by atoms with Crippen molar-refractivity contribution < 1.29 is 4.79 Å². The van der Waals surface area contributed by atoms with Crippen molar-refractivity contribution in [2.75, 3.05) is 32.5 Å². The van der Waals surface area contributed by atoms with Crippen molar-refractivity contribution in [1.29, 1.82) is 0 Å². The molecule has 0 radical (unpaired) electrons. The average Bonchev–Trinajstić information content (AvgIpc) is 2.41. The van der Waals surface area contributed by atoms with Gasteiger partial charge in [0.2, 0.25) is 0 Å². The molecule has 1 aliphatic heterocycles. The van der Waals surface area contributed by atoms with Crippen LogP contribution in [0.1, 0.15) is 23.3 Å². The van der Waals surface area contributed by atoms with Crippen molar-refractivity contribution in [1.82, 2.24) is 20.2 Å². The highest BCUT2D eigenvalue weighted by Crippen LogP contribution is 2.09. The van der Waals surface area contributed by atoms with E-state index in [-0.39, 0.29) is 11.9 Å². The van der Waals surface area contributed by atoms with Gasteiger partial charge in [0.1, 0.15) is 11.5 Å². The second-order valence-corrected chi connectivity index (χ2v) is 4.59. The Morgan fingerprint density at radius 3 is 2.61 bits per heavy atom. The minimum atomic E-state index is -0.139. The Morgan fingerprint density at radius 2 is 2.06 bits per heavy atom. The number of carbonyl (C=O) groups is 1. The summed E-state index contributed by atoms with van der Waals surface area (Å²) >= 11 is 0. The van der Waals surface area contributed by atoms with E-state index in [0.717, 1.165) is 25.9 Å². The van der Waals surface area contributed by atoms with E-state index in [1.807, 2.05) is 0 Å². The summed E-state index contributed by atoms with van der Waals surface area (Å²) in [5.41, 5.74) is 0.368. The molecule has 18 heavy (non-hydrogen) atoms. The number of hydrogen-bond acceptors (Lipinski definition) is 5. The SMILES string of the molecule is CNc1cnc(C(=O)NC2CCN(C)CC2)cn1. The lowest BCUT2D eigenvalue weighted by Crippen LogP contribution is -2.43. The van der Waals surface area contributed by atoms with Gasteiger partial charge in [0, 0.05) is 13.1 Å². The van der Waals surface area contributed by atoms with Gasteiger partial charge in [0.25, 0.3) is 5.91 Å². The molecule has 0 saturated carbocycles. The molecule has 6 heteroatoms. The topological polar surface area (TPSA) is 70.2 Å². The summed E-state index contributed by atoms with van der Waals surface area (Å²) in [4.78, 5) is 22.4. The number of nitrogens with one attached hydrogen (secondary N) is 2. The van der Waals surface area contributed by atoms with Gasteiger partial charge < -0.3 is 15.5 Å². The smallest absolute Gasteiger partial charge is 0.271 e. The summed E-state index contributed by atoms with van der Waals surface area (Å²) in [6.07, 6.45) is 5.04. The van der Waals surface area contributed by atoms with Crippen molar-refractivity contribution >= 4 is 11.7 Å². The van der Waals surface area contributed by atoms with Crippen molar-refractivity contribution in [3.63, 3.8) is 0 Å². The van der Waals surface area contributed by atoms with Crippen LogP contribution in [0.25, 0.3) is 0 Å². The van der Waals surface area contributed by atoms with Crippen molar-refractivity contribution in [3.05, 3.63) is 18.1 Å². The van der Waals surface area contributed by atoms with Crippen LogP contribution in [-0.2, 0) is 0 Å². The van der Waals surface area contributed by atoms with Crippen LogP contribution >= 0.6 is 0 Å². The van der Waals surface area contributed by atoms with Gasteiger partial charge in [0.05, 0.1) is 12.4 Å². The van der Waals surface area contributed by atoms with E-state index in [1.165, 1.54) is 6.20 Å². The van der Waals surface area contributed by atoms with Crippen LogP contribution in [0.4, 0.5) is 5.82 Å². The van der Waals surface area contributed by atoms with E-state index >= 15 is 0 Å². The van der Waals surface area contributed by atoms with E-state index in [2.05, 4.69) is 32.5 Å². The monoisotopic (exact) mass is 249 g/mol. The van der Waals surface area contributed by atoms with Gasteiger partial charge >= 0.3 is 0 Å². The van der Waals surface area contributed by atoms with Crippen LogP contribution in [0.5, 0.6) is 0 Å². The van der Waals surface area contributed by atoms with Gasteiger partial charge in [-0.25, -0.2) is 9.97 Å². The number of carbonyl (C=O) groups excluding carboxylic acids is 1. The summed E-state index contributed by atoms with van der Waals surface area (Å²) < 4.78 is 0. The molecule has 1 amide bonds. The molecule has 0 aliphatic carbocycles. The summed E-state index contributed by atoms with van der Waals surface area (Å²) in [6, 6.07) is 0.250. The number of aromatic nitrogens is 2. The van der Waals surface area contributed by atoms with Gasteiger partial charge in [-0.2, -0.15) is 0 Å². The first-order valence-electron chi connectivity index (χ1n) is 6.18. The molecule has 6 nitrogen and oxygen atoms in total. The molecule has 0 spiro atoms. The fraction of sp³-hybridized carbons (Fsp3) is 0.583. The third kappa shape index (κ3) is 3.16. The maximum atomic E-state index is 11.9. The number of rotatable bonds is 3. The van der Waals surface area contributed by atoms with E-state index < -0.39 is 0 Å². The number of likely N-dealkylation sites (tertiary alicyclic amines) is 1. The summed E-state index contributed by atoms with van der Waals surface area (Å²) in [6.45, 7) is 2.05. The number of piperidine rings is 1. The summed E-state index contributed by atoms with van der Waals surface area (Å²) in [5, 5.41) is 5.87. The van der Waals surface area contributed by atoms with E-state index in [9.17, 15) is 4.79 Å². The second kappa shape index (κ2) is 5.77. The van der Waals surface area contributed by atoms with Crippen LogP contribution in [-0.4, -0.2) is 54.0 Å². The first-order valence-corrected chi connectivity index (χ1v) is 6.18. The predicted octanol–water partition coefficient (Wildman–Crippen LogP) is 0.342. The van der Waals surface area contributed by atoms with Crippen LogP contribution in [0.15, 0.2) is 12.4 Å². The molecule has 2 rings (SSSR count). The third-order valence-electron chi connectivity index (χ3n) is 3.19. The third-order valence-corrected chi connectivity index (χ3v) is 3.19. The number of hydrogen-bond donors (Lipinski definition) is 2. The predicted molar refractivity (Wildman–Crippen MR) is 69.6 cm³/mol. The highest BCUT2D eigenvalue weighted by atomic mass is 16.1. The molecular formula is C12H19N5O. The molecular weight excluding hydrogens is 230 g/mol. The Bertz CT molecular complexity index is 397. The lowest BCUT2D eigenvalue weighted by atomic mass is 10.1. The van der Waals surface area contributed by atoms with E-state index in [1.54, 1.807) is 13.2 Å². The minimum Gasteiger partial charge on any atom is -0.372 e. The van der Waals surface area contributed by atoms with Gasteiger partial charge in [-0.05, 0) is 33.0 Å². The van der Waals surface area contributed by atoms with E-state index in [0.29, 0.717) is 11.5 Å². The lowest BCUT2D eigenvalue weighted by Gasteiger charge is -2.29. The molecule has 2 heterocycles. The molecule has 1 aromatic heterocycles. The zero-order valence-corrected chi connectivity index (χ0v) is 10.8. The van der Waals surface area contributed by atoms with E-state index in [4.69, 9.17) is 0 Å².